The van der Waals surface area contributed by atoms with Crippen molar-refractivity contribution in [2.75, 3.05) is 6.54 Å². The van der Waals surface area contributed by atoms with Crippen LogP contribution in [-0.2, 0) is 4.74 Å². The normalized spacial score (nSPS) is 34.7. The summed E-state index contributed by atoms with van der Waals surface area (Å²) in [6.45, 7) is 4.66. The SMILES string of the molecule is Cc1ccc(C(O)C2(CN)CC3CCC2O3)cc1C. The minimum Gasteiger partial charge on any atom is -0.388 e. The van der Waals surface area contributed by atoms with E-state index in [1.807, 2.05) is 6.07 Å². The van der Waals surface area contributed by atoms with E-state index in [4.69, 9.17) is 10.5 Å². The van der Waals surface area contributed by atoms with E-state index < -0.39 is 6.10 Å². The highest BCUT2D eigenvalue weighted by atomic mass is 16.5. The molecule has 3 N–H and O–H groups in total. The molecule has 1 aromatic carbocycles. The first-order valence-corrected chi connectivity index (χ1v) is 7.17. The molecule has 2 saturated heterocycles. The Kier molecular flexibility index (Phi) is 3.16. The molecule has 3 heteroatoms. The highest BCUT2D eigenvalue weighted by molar-refractivity contribution is 5.32. The summed E-state index contributed by atoms with van der Waals surface area (Å²) in [4.78, 5) is 0. The first kappa shape index (κ1) is 13.1. The summed E-state index contributed by atoms with van der Waals surface area (Å²) in [7, 11) is 0. The standard InChI is InChI=1S/C16H23NO2/c1-10-3-4-12(7-11(10)2)15(18)16(9-17)8-13-5-6-14(16)19-13/h3-4,7,13-15,18H,5-6,8-9,17H2,1-2H3. The van der Waals surface area contributed by atoms with E-state index in [1.165, 1.54) is 11.1 Å². The fraction of sp³-hybridized carbons (Fsp3) is 0.625. The van der Waals surface area contributed by atoms with Gasteiger partial charge in [-0.1, -0.05) is 18.2 Å². The molecule has 0 saturated carbocycles. The predicted octanol–water partition coefficient (Wildman–Crippen LogP) is 2.23. The van der Waals surface area contributed by atoms with E-state index in [0.29, 0.717) is 12.6 Å². The van der Waals surface area contributed by atoms with Gasteiger partial charge in [0.15, 0.2) is 0 Å². The Bertz CT molecular complexity index is 488. The largest absolute Gasteiger partial charge is 0.388 e. The van der Waals surface area contributed by atoms with E-state index in [0.717, 1.165) is 24.8 Å². The Morgan fingerprint density at radius 1 is 1.37 bits per heavy atom. The third-order valence-corrected chi connectivity index (χ3v) is 5.13. The number of benzene rings is 1. The van der Waals surface area contributed by atoms with Gasteiger partial charge < -0.3 is 15.6 Å². The third-order valence-electron chi connectivity index (χ3n) is 5.13. The fourth-order valence-corrected chi connectivity index (χ4v) is 3.71. The quantitative estimate of drug-likeness (QED) is 0.877. The molecule has 104 valence electrons. The van der Waals surface area contributed by atoms with Gasteiger partial charge in [0.25, 0.3) is 0 Å². The lowest BCUT2D eigenvalue weighted by atomic mass is 9.68. The first-order valence-electron chi connectivity index (χ1n) is 7.17. The smallest absolute Gasteiger partial charge is 0.0884 e. The van der Waals surface area contributed by atoms with Crippen LogP contribution in [0.2, 0.25) is 0 Å². The summed E-state index contributed by atoms with van der Waals surface area (Å²) in [5.41, 5.74) is 9.18. The van der Waals surface area contributed by atoms with Crippen molar-refractivity contribution in [3.63, 3.8) is 0 Å². The summed E-state index contributed by atoms with van der Waals surface area (Å²) in [6, 6.07) is 6.19. The Morgan fingerprint density at radius 3 is 2.68 bits per heavy atom. The third kappa shape index (κ3) is 1.92. The van der Waals surface area contributed by atoms with Gasteiger partial charge in [0, 0.05) is 12.0 Å². The maximum atomic E-state index is 10.8. The van der Waals surface area contributed by atoms with Gasteiger partial charge in [-0.15, -0.1) is 0 Å². The monoisotopic (exact) mass is 261 g/mol. The number of rotatable bonds is 3. The molecule has 3 nitrogen and oxygen atoms in total. The lowest BCUT2D eigenvalue weighted by molar-refractivity contribution is -0.0264. The van der Waals surface area contributed by atoms with Gasteiger partial charge in [-0.25, -0.2) is 0 Å². The van der Waals surface area contributed by atoms with Gasteiger partial charge in [-0.05, 0) is 49.8 Å². The van der Waals surface area contributed by atoms with E-state index in [-0.39, 0.29) is 11.5 Å². The molecule has 0 aromatic heterocycles. The van der Waals surface area contributed by atoms with Crippen molar-refractivity contribution in [2.24, 2.45) is 11.1 Å². The van der Waals surface area contributed by atoms with Crippen molar-refractivity contribution < 1.29 is 9.84 Å². The topological polar surface area (TPSA) is 55.5 Å². The highest BCUT2D eigenvalue weighted by Crippen LogP contribution is 2.53. The molecule has 2 aliphatic heterocycles. The zero-order chi connectivity index (χ0) is 13.6. The van der Waals surface area contributed by atoms with E-state index in [9.17, 15) is 5.11 Å². The maximum absolute atomic E-state index is 10.8. The number of aliphatic hydroxyl groups is 1. The molecule has 3 rings (SSSR count). The van der Waals surface area contributed by atoms with Crippen LogP contribution in [0.4, 0.5) is 0 Å². The molecule has 1 aromatic rings. The lowest BCUT2D eigenvalue weighted by Gasteiger charge is -2.38. The number of fused-ring (bicyclic) bond motifs is 2. The van der Waals surface area contributed by atoms with Crippen molar-refractivity contribution in [2.45, 2.75) is 51.4 Å². The zero-order valence-electron chi connectivity index (χ0n) is 11.7. The highest BCUT2D eigenvalue weighted by Gasteiger charge is 2.55. The number of nitrogens with two attached hydrogens (primary N) is 1. The summed E-state index contributed by atoms with van der Waals surface area (Å²) in [5, 5.41) is 10.8. The molecule has 2 fully saturated rings. The molecule has 2 bridgehead atoms. The van der Waals surface area contributed by atoms with Gasteiger partial charge in [-0.3, -0.25) is 0 Å². The van der Waals surface area contributed by atoms with Crippen LogP contribution >= 0.6 is 0 Å². The van der Waals surface area contributed by atoms with Gasteiger partial charge in [0.2, 0.25) is 0 Å². The van der Waals surface area contributed by atoms with Crippen LogP contribution in [0.1, 0.15) is 42.1 Å². The molecule has 4 atom stereocenters. The predicted molar refractivity (Wildman–Crippen MR) is 74.9 cm³/mol. The van der Waals surface area contributed by atoms with Crippen molar-refractivity contribution in [3.05, 3.63) is 34.9 Å². The average Bonchev–Trinajstić information content (AvgIpc) is 3.02. The molecule has 0 radical (unpaired) electrons. The second-order valence-electron chi connectivity index (χ2n) is 6.21. The number of ether oxygens (including phenoxy) is 1. The minimum absolute atomic E-state index is 0.124. The maximum Gasteiger partial charge on any atom is 0.0884 e. The molecule has 0 aliphatic carbocycles. The number of aliphatic hydroxyl groups excluding tert-OH is 1. The van der Waals surface area contributed by atoms with Crippen LogP contribution < -0.4 is 5.73 Å². The molecule has 2 heterocycles. The summed E-state index contributed by atoms with van der Waals surface area (Å²) < 4.78 is 5.94. The van der Waals surface area contributed by atoms with Gasteiger partial charge in [-0.2, -0.15) is 0 Å². The van der Waals surface area contributed by atoms with E-state index >= 15 is 0 Å². The second-order valence-corrected chi connectivity index (χ2v) is 6.21. The summed E-state index contributed by atoms with van der Waals surface area (Å²) in [6.07, 6.45) is 2.94. The minimum atomic E-state index is -0.521. The van der Waals surface area contributed by atoms with Crippen molar-refractivity contribution in [3.8, 4) is 0 Å². The number of hydrogen-bond acceptors (Lipinski definition) is 3. The van der Waals surface area contributed by atoms with Crippen LogP contribution in [0.25, 0.3) is 0 Å². The second kappa shape index (κ2) is 4.58. The van der Waals surface area contributed by atoms with E-state index in [2.05, 4.69) is 26.0 Å². The molecule has 0 amide bonds. The Labute approximate surface area is 114 Å². The lowest BCUT2D eigenvalue weighted by Crippen LogP contribution is -2.44. The van der Waals surface area contributed by atoms with Gasteiger partial charge >= 0.3 is 0 Å². The van der Waals surface area contributed by atoms with Crippen molar-refractivity contribution in [1.82, 2.24) is 0 Å². The van der Waals surface area contributed by atoms with Gasteiger partial charge in [0.1, 0.15) is 0 Å². The molecule has 4 unspecified atom stereocenters. The molecule has 2 aliphatic rings. The van der Waals surface area contributed by atoms with Crippen molar-refractivity contribution >= 4 is 0 Å². The molecular weight excluding hydrogens is 238 g/mol. The molecule has 0 spiro atoms. The van der Waals surface area contributed by atoms with Crippen LogP contribution in [0.3, 0.4) is 0 Å². The van der Waals surface area contributed by atoms with Crippen LogP contribution in [0.5, 0.6) is 0 Å². The van der Waals surface area contributed by atoms with Crippen LogP contribution in [0, 0.1) is 19.3 Å². The first-order chi connectivity index (χ1) is 9.06. The molecular formula is C16H23NO2. The number of aryl methyl sites for hydroxylation is 2. The van der Waals surface area contributed by atoms with E-state index in [1.54, 1.807) is 0 Å². The zero-order valence-corrected chi connectivity index (χ0v) is 11.7. The fourth-order valence-electron chi connectivity index (χ4n) is 3.71. The van der Waals surface area contributed by atoms with Crippen molar-refractivity contribution in [1.29, 1.82) is 0 Å². The Balaban J connectivity index is 1.93. The molecule has 19 heavy (non-hydrogen) atoms. The van der Waals surface area contributed by atoms with Crippen LogP contribution in [-0.4, -0.2) is 23.9 Å². The Hall–Kier alpha value is -0.900. The summed E-state index contributed by atoms with van der Waals surface area (Å²) in [5.74, 6) is 0. The summed E-state index contributed by atoms with van der Waals surface area (Å²) >= 11 is 0. The number of hydrogen-bond donors (Lipinski definition) is 2. The van der Waals surface area contributed by atoms with Gasteiger partial charge in [0.05, 0.1) is 18.3 Å². The average molecular weight is 261 g/mol. The van der Waals surface area contributed by atoms with Crippen LogP contribution in [0.15, 0.2) is 18.2 Å². The Morgan fingerprint density at radius 2 is 2.16 bits per heavy atom.